The van der Waals surface area contributed by atoms with Crippen molar-refractivity contribution in [2.24, 2.45) is 5.73 Å². The number of nitrogens with two attached hydrogens (primary N) is 1. The highest BCUT2D eigenvalue weighted by Gasteiger charge is 2.21. The summed E-state index contributed by atoms with van der Waals surface area (Å²) in [6.07, 6.45) is 0. The van der Waals surface area contributed by atoms with Crippen molar-refractivity contribution in [3.63, 3.8) is 0 Å². The highest BCUT2D eigenvalue weighted by molar-refractivity contribution is 6.32. The lowest BCUT2D eigenvalue weighted by atomic mass is 9.91. The maximum absolute atomic E-state index is 9.14. The first-order valence-electron chi connectivity index (χ1n) is 4.55. The Hall–Kier alpha value is -0.570. The van der Waals surface area contributed by atoms with E-state index in [0.29, 0.717) is 0 Å². The van der Waals surface area contributed by atoms with Crippen molar-refractivity contribution in [1.29, 1.82) is 0 Å². The van der Waals surface area contributed by atoms with Gasteiger partial charge >= 0.3 is 0 Å². The maximum atomic E-state index is 9.14. The third-order valence-corrected chi connectivity index (χ3v) is 3.02. The summed E-state index contributed by atoms with van der Waals surface area (Å²) in [6.45, 7) is 5.60. The van der Waals surface area contributed by atoms with E-state index in [4.69, 9.17) is 22.4 Å². The van der Waals surface area contributed by atoms with Gasteiger partial charge in [0.05, 0.1) is 12.1 Å². The van der Waals surface area contributed by atoms with Gasteiger partial charge in [0.25, 0.3) is 0 Å². The molecule has 0 saturated heterocycles. The fourth-order valence-electron chi connectivity index (χ4n) is 1.37. The molecule has 1 atom stereocenters. The van der Waals surface area contributed by atoms with Gasteiger partial charge in [-0.1, -0.05) is 23.7 Å². The van der Waals surface area contributed by atoms with Crippen molar-refractivity contribution in [3.05, 3.63) is 33.8 Å². The van der Waals surface area contributed by atoms with Crippen molar-refractivity contribution in [1.82, 2.24) is 0 Å². The summed E-state index contributed by atoms with van der Waals surface area (Å²) in [4.78, 5) is 0. The number of halogens is 1. The zero-order valence-corrected chi connectivity index (χ0v) is 9.52. The van der Waals surface area contributed by atoms with Crippen LogP contribution in [-0.4, -0.2) is 11.7 Å². The van der Waals surface area contributed by atoms with Crippen molar-refractivity contribution < 1.29 is 5.11 Å². The Bertz CT molecular complexity index is 324. The molecule has 0 saturated carbocycles. The molecule has 0 aliphatic heterocycles. The number of aliphatic hydroxyl groups is 1. The van der Waals surface area contributed by atoms with Gasteiger partial charge in [-0.2, -0.15) is 0 Å². The molecule has 0 spiro atoms. The second-order valence-corrected chi connectivity index (χ2v) is 4.38. The van der Waals surface area contributed by atoms with Crippen LogP contribution in [0.5, 0.6) is 0 Å². The van der Waals surface area contributed by atoms with Crippen LogP contribution in [-0.2, 0) is 5.54 Å². The van der Waals surface area contributed by atoms with Gasteiger partial charge in [-0.25, -0.2) is 0 Å². The van der Waals surface area contributed by atoms with Gasteiger partial charge in [0.1, 0.15) is 0 Å². The van der Waals surface area contributed by atoms with Crippen molar-refractivity contribution in [2.45, 2.75) is 26.3 Å². The van der Waals surface area contributed by atoms with Crippen LogP contribution in [0.2, 0.25) is 5.02 Å². The second kappa shape index (κ2) is 3.89. The third kappa shape index (κ3) is 2.08. The molecule has 0 heterocycles. The van der Waals surface area contributed by atoms with Crippen LogP contribution in [0.3, 0.4) is 0 Å². The first kappa shape index (κ1) is 11.5. The summed E-state index contributed by atoms with van der Waals surface area (Å²) in [5.41, 5.74) is 8.14. The fraction of sp³-hybridized carbons (Fsp3) is 0.455. The number of hydrogen-bond donors (Lipinski definition) is 2. The lowest BCUT2D eigenvalue weighted by Gasteiger charge is -2.23. The summed E-state index contributed by atoms with van der Waals surface area (Å²) in [5.74, 6) is 0. The monoisotopic (exact) mass is 213 g/mol. The van der Waals surface area contributed by atoms with Gasteiger partial charge in [-0.05, 0) is 37.5 Å². The zero-order chi connectivity index (χ0) is 10.9. The van der Waals surface area contributed by atoms with Crippen molar-refractivity contribution >= 4 is 11.6 Å². The molecule has 1 rings (SSSR count). The number of aliphatic hydroxyl groups excluding tert-OH is 1. The fourth-order valence-corrected chi connectivity index (χ4v) is 1.48. The largest absolute Gasteiger partial charge is 0.394 e. The molecule has 1 aromatic rings. The molecular formula is C11H16ClNO. The predicted octanol–water partition coefficient (Wildman–Crippen LogP) is 2.12. The molecule has 1 aromatic carbocycles. The molecule has 3 heteroatoms. The van der Waals surface area contributed by atoms with E-state index in [9.17, 15) is 0 Å². The molecule has 0 radical (unpaired) electrons. The van der Waals surface area contributed by atoms with Crippen LogP contribution in [0.1, 0.15) is 23.6 Å². The van der Waals surface area contributed by atoms with E-state index in [0.717, 1.165) is 21.7 Å². The smallest absolute Gasteiger partial charge is 0.0650 e. The SMILES string of the molecule is Cc1cc([C@](C)(N)CO)cc(C)c1Cl. The zero-order valence-electron chi connectivity index (χ0n) is 8.76. The van der Waals surface area contributed by atoms with Crippen LogP contribution < -0.4 is 5.73 Å². The van der Waals surface area contributed by atoms with E-state index >= 15 is 0 Å². The third-order valence-electron chi connectivity index (χ3n) is 2.42. The van der Waals surface area contributed by atoms with Crippen molar-refractivity contribution in [2.75, 3.05) is 6.61 Å². The Labute approximate surface area is 89.7 Å². The molecule has 78 valence electrons. The van der Waals surface area contributed by atoms with E-state index in [1.165, 1.54) is 0 Å². The summed E-state index contributed by atoms with van der Waals surface area (Å²) in [5, 5.41) is 9.91. The summed E-state index contributed by atoms with van der Waals surface area (Å²) in [6, 6.07) is 3.84. The van der Waals surface area contributed by atoms with E-state index in [1.54, 1.807) is 6.92 Å². The first-order chi connectivity index (χ1) is 6.38. The first-order valence-corrected chi connectivity index (χ1v) is 4.93. The minimum Gasteiger partial charge on any atom is -0.394 e. The van der Waals surface area contributed by atoms with Crippen LogP contribution in [0.25, 0.3) is 0 Å². The standard InChI is InChI=1S/C11H16ClNO/c1-7-4-9(11(3,13)6-14)5-8(2)10(7)12/h4-5,14H,6,13H2,1-3H3/t11-/m1/s1. The quantitative estimate of drug-likeness (QED) is 0.791. The molecule has 0 aromatic heterocycles. The maximum Gasteiger partial charge on any atom is 0.0650 e. The molecular weight excluding hydrogens is 198 g/mol. The molecule has 14 heavy (non-hydrogen) atoms. The average molecular weight is 214 g/mol. The molecule has 0 amide bonds. The van der Waals surface area contributed by atoms with E-state index in [2.05, 4.69) is 0 Å². The van der Waals surface area contributed by atoms with E-state index in [-0.39, 0.29) is 6.61 Å². The Morgan fingerprint density at radius 3 is 2.14 bits per heavy atom. The number of rotatable bonds is 2. The second-order valence-electron chi connectivity index (χ2n) is 4.00. The minimum atomic E-state index is -0.694. The van der Waals surface area contributed by atoms with Gasteiger partial charge in [0.2, 0.25) is 0 Å². The molecule has 0 aliphatic carbocycles. The molecule has 2 nitrogen and oxygen atoms in total. The van der Waals surface area contributed by atoms with E-state index < -0.39 is 5.54 Å². The normalized spacial score (nSPS) is 15.3. The summed E-state index contributed by atoms with van der Waals surface area (Å²) < 4.78 is 0. The highest BCUT2D eigenvalue weighted by Crippen LogP contribution is 2.26. The summed E-state index contributed by atoms with van der Waals surface area (Å²) >= 11 is 6.04. The number of aryl methyl sites for hydroxylation is 2. The number of hydrogen-bond acceptors (Lipinski definition) is 2. The lowest BCUT2D eigenvalue weighted by Crippen LogP contribution is -2.37. The summed E-state index contributed by atoms with van der Waals surface area (Å²) in [7, 11) is 0. The molecule has 0 aliphatic rings. The van der Waals surface area contributed by atoms with Gasteiger partial charge < -0.3 is 10.8 Å². The number of benzene rings is 1. The van der Waals surface area contributed by atoms with Crippen LogP contribution >= 0.6 is 11.6 Å². The minimum absolute atomic E-state index is 0.0759. The Morgan fingerprint density at radius 2 is 1.79 bits per heavy atom. The molecule has 0 fully saturated rings. The van der Waals surface area contributed by atoms with Gasteiger partial charge in [0.15, 0.2) is 0 Å². The molecule has 0 unspecified atom stereocenters. The Balaban J connectivity index is 3.26. The van der Waals surface area contributed by atoms with Gasteiger partial charge in [-0.3, -0.25) is 0 Å². The average Bonchev–Trinajstić information content (AvgIpc) is 2.13. The predicted molar refractivity (Wildman–Crippen MR) is 59.6 cm³/mol. The van der Waals surface area contributed by atoms with Crippen LogP contribution in [0.4, 0.5) is 0 Å². The van der Waals surface area contributed by atoms with Crippen LogP contribution in [0.15, 0.2) is 12.1 Å². The van der Waals surface area contributed by atoms with E-state index in [1.807, 2.05) is 26.0 Å². The van der Waals surface area contributed by atoms with Crippen LogP contribution in [0, 0.1) is 13.8 Å². The molecule has 0 bridgehead atoms. The Kier molecular flexibility index (Phi) is 3.20. The van der Waals surface area contributed by atoms with Crippen molar-refractivity contribution in [3.8, 4) is 0 Å². The van der Waals surface area contributed by atoms with Gasteiger partial charge in [0, 0.05) is 5.02 Å². The molecule has 3 N–H and O–H groups in total. The van der Waals surface area contributed by atoms with Gasteiger partial charge in [-0.15, -0.1) is 0 Å². The topological polar surface area (TPSA) is 46.2 Å². The Morgan fingerprint density at radius 1 is 1.36 bits per heavy atom. The highest BCUT2D eigenvalue weighted by atomic mass is 35.5. The lowest BCUT2D eigenvalue weighted by molar-refractivity contribution is 0.210.